The first-order valence-electron chi connectivity index (χ1n) is 8.16. The van der Waals surface area contributed by atoms with Crippen LogP contribution in [0.2, 0.25) is 0 Å². The van der Waals surface area contributed by atoms with Gasteiger partial charge in [0.05, 0.1) is 17.7 Å². The first-order chi connectivity index (χ1) is 12.8. The van der Waals surface area contributed by atoms with Gasteiger partial charge in [-0.1, -0.05) is 12.1 Å². The Kier molecular flexibility index (Phi) is 9.60. The number of hydrogen-bond donors (Lipinski definition) is 3. The zero-order chi connectivity index (χ0) is 20.4. The maximum absolute atomic E-state index is 12.7. The summed E-state index contributed by atoms with van der Waals surface area (Å²) in [5.74, 6) is -1.90. The second-order valence-corrected chi connectivity index (χ2v) is 6.38. The maximum Gasteiger partial charge on any atom is 0.254 e. The lowest BCUT2D eigenvalue weighted by Gasteiger charge is -2.26. The van der Waals surface area contributed by atoms with Crippen molar-refractivity contribution >= 4 is 52.5 Å². The highest BCUT2D eigenvalue weighted by Gasteiger charge is 2.28. The smallest absolute Gasteiger partial charge is 0.254 e. The highest BCUT2D eigenvalue weighted by atomic mass is 35.5. The van der Waals surface area contributed by atoms with Gasteiger partial charge in [0.2, 0.25) is 17.7 Å². The number of nitrogens with one attached hydrogen (secondary N) is 2. The minimum atomic E-state index is -1.17. The second kappa shape index (κ2) is 11.4. The number of nitrogens with two attached hydrogens (primary N) is 1. The maximum atomic E-state index is 12.7. The van der Waals surface area contributed by atoms with Crippen molar-refractivity contribution in [3.05, 3.63) is 29.8 Å². The van der Waals surface area contributed by atoms with Crippen LogP contribution in [0.15, 0.2) is 24.3 Å². The van der Waals surface area contributed by atoms with Crippen LogP contribution >= 0.6 is 23.2 Å². The third-order valence-electron chi connectivity index (χ3n) is 3.51. The van der Waals surface area contributed by atoms with Gasteiger partial charge in [0.25, 0.3) is 5.91 Å². The number of carbonyl (C=O) groups is 4. The molecular formula is C17H22Cl2N4O4. The van der Waals surface area contributed by atoms with Gasteiger partial charge >= 0.3 is 0 Å². The van der Waals surface area contributed by atoms with Crippen molar-refractivity contribution in [2.45, 2.75) is 19.4 Å². The standard InChI is InChI=1S/C17H22Cl2N4O4/c1-11(24)21-13-5-3-2-4-12(13)16(26)22-14(10-15(20)25)17(27)23(8-6-18)9-7-19/h2-5,14H,6-10H2,1H3,(H2,20,25)(H,21,24)(H,22,26)/t14-/m0/s1. The van der Waals surface area contributed by atoms with E-state index in [1.54, 1.807) is 18.2 Å². The highest BCUT2D eigenvalue weighted by Crippen LogP contribution is 2.15. The molecule has 0 saturated carbocycles. The summed E-state index contributed by atoms with van der Waals surface area (Å²) in [6, 6.07) is 5.12. The van der Waals surface area contributed by atoms with Crippen molar-refractivity contribution < 1.29 is 19.2 Å². The molecule has 0 heterocycles. The van der Waals surface area contributed by atoms with Crippen LogP contribution in [0.1, 0.15) is 23.7 Å². The van der Waals surface area contributed by atoms with E-state index in [4.69, 9.17) is 28.9 Å². The summed E-state index contributed by atoms with van der Waals surface area (Å²) in [5, 5.41) is 5.05. The second-order valence-electron chi connectivity index (χ2n) is 5.63. The Labute approximate surface area is 167 Å². The van der Waals surface area contributed by atoms with Gasteiger partial charge < -0.3 is 21.3 Å². The first-order valence-corrected chi connectivity index (χ1v) is 9.23. The lowest BCUT2D eigenvalue weighted by molar-refractivity contribution is -0.135. The van der Waals surface area contributed by atoms with Gasteiger partial charge in [-0.3, -0.25) is 19.2 Å². The van der Waals surface area contributed by atoms with Crippen LogP contribution in [0, 0.1) is 0 Å². The van der Waals surface area contributed by atoms with E-state index >= 15 is 0 Å². The van der Waals surface area contributed by atoms with Crippen molar-refractivity contribution in [3.63, 3.8) is 0 Å². The van der Waals surface area contributed by atoms with Gasteiger partial charge in [0.1, 0.15) is 6.04 Å². The Morgan fingerprint density at radius 2 is 1.70 bits per heavy atom. The molecule has 1 aromatic rings. The minimum absolute atomic E-state index is 0.149. The molecule has 0 saturated heterocycles. The molecule has 0 radical (unpaired) electrons. The number of rotatable bonds is 10. The summed E-state index contributed by atoms with van der Waals surface area (Å²) >= 11 is 11.4. The SMILES string of the molecule is CC(=O)Nc1ccccc1C(=O)N[C@@H](CC(N)=O)C(=O)N(CCCl)CCCl. The van der Waals surface area contributed by atoms with Gasteiger partial charge in [-0.15, -0.1) is 23.2 Å². The zero-order valence-electron chi connectivity index (χ0n) is 14.8. The number of alkyl halides is 2. The topological polar surface area (TPSA) is 122 Å². The predicted molar refractivity (Wildman–Crippen MR) is 104 cm³/mol. The van der Waals surface area contributed by atoms with Crippen LogP contribution in [0.5, 0.6) is 0 Å². The van der Waals surface area contributed by atoms with Crippen LogP contribution in [0.3, 0.4) is 0 Å². The number of amides is 4. The van der Waals surface area contributed by atoms with E-state index in [9.17, 15) is 19.2 Å². The number of para-hydroxylation sites is 1. The molecule has 0 spiro atoms. The van der Waals surface area contributed by atoms with Crippen LogP contribution in [0.25, 0.3) is 0 Å². The summed E-state index contributed by atoms with van der Waals surface area (Å²) in [5.41, 5.74) is 5.65. The number of halogens is 2. The number of benzene rings is 1. The fraction of sp³-hybridized carbons (Fsp3) is 0.412. The molecular weight excluding hydrogens is 395 g/mol. The molecule has 0 unspecified atom stereocenters. The zero-order valence-corrected chi connectivity index (χ0v) is 16.3. The minimum Gasteiger partial charge on any atom is -0.370 e. The molecule has 0 bridgehead atoms. The molecule has 0 fully saturated rings. The van der Waals surface area contributed by atoms with Crippen LogP contribution in [-0.4, -0.2) is 59.4 Å². The van der Waals surface area contributed by atoms with Crippen molar-refractivity contribution in [1.82, 2.24) is 10.2 Å². The predicted octanol–water partition coefficient (Wildman–Crippen LogP) is 0.925. The summed E-state index contributed by atoms with van der Waals surface area (Å²) < 4.78 is 0. The van der Waals surface area contributed by atoms with Crippen LogP contribution < -0.4 is 16.4 Å². The van der Waals surface area contributed by atoms with Crippen molar-refractivity contribution in [1.29, 1.82) is 0 Å². The molecule has 0 aliphatic carbocycles. The number of primary amides is 1. The Balaban J connectivity index is 3.06. The lowest BCUT2D eigenvalue weighted by Crippen LogP contribution is -2.51. The van der Waals surface area contributed by atoms with Crippen LogP contribution in [0.4, 0.5) is 5.69 Å². The molecule has 4 amide bonds. The lowest BCUT2D eigenvalue weighted by atomic mass is 10.1. The molecule has 0 aliphatic rings. The van der Waals surface area contributed by atoms with E-state index in [1.807, 2.05) is 0 Å². The van der Waals surface area contributed by atoms with E-state index in [2.05, 4.69) is 10.6 Å². The van der Waals surface area contributed by atoms with Gasteiger partial charge in [-0.25, -0.2) is 0 Å². The van der Waals surface area contributed by atoms with E-state index in [-0.39, 0.29) is 48.4 Å². The normalized spacial score (nSPS) is 11.4. The molecule has 27 heavy (non-hydrogen) atoms. The third kappa shape index (κ3) is 7.44. The molecule has 0 aliphatic heterocycles. The third-order valence-corrected chi connectivity index (χ3v) is 3.85. The molecule has 148 valence electrons. The summed E-state index contributed by atoms with van der Waals surface area (Å²) in [4.78, 5) is 49.4. The Morgan fingerprint density at radius 3 is 2.22 bits per heavy atom. The largest absolute Gasteiger partial charge is 0.370 e. The molecule has 1 atom stereocenters. The average Bonchev–Trinajstić information content (AvgIpc) is 2.59. The molecule has 0 aromatic heterocycles. The Morgan fingerprint density at radius 1 is 1.11 bits per heavy atom. The number of nitrogens with zero attached hydrogens (tertiary/aromatic N) is 1. The van der Waals surface area contributed by atoms with Gasteiger partial charge in [0, 0.05) is 31.8 Å². The number of anilines is 1. The average molecular weight is 417 g/mol. The Bertz CT molecular complexity index is 693. The molecule has 8 nitrogen and oxygen atoms in total. The first kappa shape index (κ1) is 22.7. The van der Waals surface area contributed by atoms with E-state index in [0.717, 1.165) is 0 Å². The van der Waals surface area contributed by atoms with Gasteiger partial charge in [-0.2, -0.15) is 0 Å². The van der Waals surface area contributed by atoms with Gasteiger partial charge in [0.15, 0.2) is 0 Å². The summed E-state index contributed by atoms with van der Waals surface area (Å²) in [7, 11) is 0. The van der Waals surface area contributed by atoms with E-state index in [1.165, 1.54) is 17.9 Å². The molecule has 1 rings (SSSR count). The fourth-order valence-corrected chi connectivity index (χ4v) is 2.78. The van der Waals surface area contributed by atoms with E-state index in [0.29, 0.717) is 0 Å². The van der Waals surface area contributed by atoms with Crippen molar-refractivity contribution in [2.24, 2.45) is 5.73 Å². The highest BCUT2D eigenvalue weighted by molar-refractivity contribution is 6.18. The van der Waals surface area contributed by atoms with Gasteiger partial charge in [-0.05, 0) is 12.1 Å². The molecule has 4 N–H and O–H groups in total. The number of hydrogen-bond acceptors (Lipinski definition) is 4. The molecule has 1 aromatic carbocycles. The van der Waals surface area contributed by atoms with Crippen molar-refractivity contribution in [2.75, 3.05) is 30.2 Å². The molecule has 10 heteroatoms. The quantitative estimate of drug-likeness (QED) is 0.490. The number of carbonyl (C=O) groups excluding carboxylic acids is 4. The summed E-state index contributed by atoms with van der Waals surface area (Å²) in [6.07, 6.45) is -0.381. The van der Waals surface area contributed by atoms with E-state index < -0.39 is 23.8 Å². The summed E-state index contributed by atoms with van der Waals surface area (Å²) in [6.45, 7) is 1.73. The fourth-order valence-electron chi connectivity index (χ4n) is 2.37. The Hall–Kier alpha value is -2.32. The monoisotopic (exact) mass is 416 g/mol. The van der Waals surface area contributed by atoms with Crippen molar-refractivity contribution in [3.8, 4) is 0 Å². The van der Waals surface area contributed by atoms with Crippen LogP contribution in [-0.2, 0) is 14.4 Å².